The van der Waals surface area contributed by atoms with Crippen molar-refractivity contribution in [1.29, 1.82) is 5.26 Å². The highest BCUT2D eigenvalue weighted by atomic mass is 35.5. The van der Waals surface area contributed by atoms with Gasteiger partial charge in [-0.25, -0.2) is 0 Å². The first-order valence-corrected chi connectivity index (χ1v) is 6.39. The second kappa shape index (κ2) is 4.54. The smallest absolute Gasteiger partial charge is 0.182 e. The van der Waals surface area contributed by atoms with E-state index in [-0.39, 0.29) is 0 Å². The Balaban J connectivity index is 2.40. The van der Waals surface area contributed by atoms with Gasteiger partial charge in [0.25, 0.3) is 0 Å². The summed E-state index contributed by atoms with van der Waals surface area (Å²) in [6.07, 6.45) is 0. The van der Waals surface area contributed by atoms with E-state index in [4.69, 9.17) is 29.1 Å². The van der Waals surface area contributed by atoms with Gasteiger partial charge in [0.15, 0.2) is 4.77 Å². The quantitative estimate of drug-likeness (QED) is 0.681. The molecule has 0 unspecified atom stereocenters. The van der Waals surface area contributed by atoms with Crippen LogP contribution < -0.4 is 0 Å². The standard InChI is InChI=1S/C14H8ClN3S/c15-10-4-2-5-11(7-10)18-12-6-1-3-9(8-16)13(12)17-14(18)19/h1-7H,(H,17,19). The maximum Gasteiger partial charge on any atom is 0.182 e. The minimum Gasteiger partial charge on any atom is -0.329 e. The molecule has 0 spiro atoms. The number of aromatic amines is 1. The summed E-state index contributed by atoms with van der Waals surface area (Å²) in [6.45, 7) is 0. The van der Waals surface area contributed by atoms with Crippen LogP contribution >= 0.6 is 23.8 Å². The Hall–Kier alpha value is -2.09. The highest BCUT2D eigenvalue weighted by Crippen LogP contribution is 2.23. The Morgan fingerprint density at radius 2 is 2.00 bits per heavy atom. The Bertz CT molecular complexity index is 870. The van der Waals surface area contributed by atoms with Crippen LogP contribution in [0.3, 0.4) is 0 Å². The molecule has 0 saturated heterocycles. The lowest BCUT2D eigenvalue weighted by molar-refractivity contribution is 1.07. The Morgan fingerprint density at radius 3 is 2.74 bits per heavy atom. The van der Waals surface area contributed by atoms with E-state index in [2.05, 4.69) is 11.1 Å². The second-order valence-electron chi connectivity index (χ2n) is 4.06. The molecular weight excluding hydrogens is 278 g/mol. The van der Waals surface area contributed by atoms with Gasteiger partial charge in [0.1, 0.15) is 6.07 Å². The van der Waals surface area contributed by atoms with Crippen molar-refractivity contribution >= 4 is 34.9 Å². The fourth-order valence-electron chi connectivity index (χ4n) is 2.09. The van der Waals surface area contributed by atoms with Crippen molar-refractivity contribution in [2.24, 2.45) is 0 Å². The zero-order valence-corrected chi connectivity index (χ0v) is 11.3. The molecule has 0 aliphatic carbocycles. The molecule has 2 aromatic carbocycles. The number of hydrogen-bond acceptors (Lipinski definition) is 2. The van der Waals surface area contributed by atoms with E-state index in [1.165, 1.54) is 0 Å². The van der Waals surface area contributed by atoms with Gasteiger partial charge in [-0.05, 0) is 42.5 Å². The molecule has 92 valence electrons. The number of nitrogens with zero attached hydrogens (tertiary/aromatic N) is 2. The van der Waals surface area contributed by atoms with Crippen LogP contribution in [0.2, 0.25) is 5.02 Å². The lowest BCUT2D eigenvalue weighted by atomic mass is 10.2. The summed E-state index contributed by atoms with van der Waals surface area (Å²) in [4.78, 5) is 3.08. The lowest BCUT2D eigenvalue weighted by Crippen LogP contribution is -1.93. The minimum atomic E-state index is 0.542. The molecule has 0 radical (unpaired) electrons. The molecule has 0 atom stereocenters. The number of benzene rings is 2. The molecule has 1 heterocycles. The van der Waals surface area contributed by atoms with E-state index in [9.17, 15) is 0 Å². The average Bonchev–Trinajstić information content (AvgIpc) is 2.74. The highest BCUT2D eigenvalue weighted by Gasteiger charge is 2.09. The highest BCUT2D eigenvalue weighted by molar-refractivity contribution is 7.71. The van der Waals surface area contributed by atoms with Crippen LogP contribution in [0.1, 0.15) is 5.56 Å². The number of nitriles is 1. The van der Waals surface area contributed by atoms with Crippen molar-refractivity contribution in [2.45, 2.75) is 0 Å². The molecule has 1 N–H and O–H groups in total. The zero-order chi connectivity index (χ0) is 13.4. The van der Waals surface area contributed by atoms with Crippen LogP contribution in [0, 0.1) is 16.1 Å². The van der Waals surface area contributed by atoms with Gasteiger partial charge in [-0.2, -0.15) is 5.26 Å². The van der Waals surface area contributed by atoms with Crippen LogP contribution in [0.5, 0.6) is 0 Å². The number of hydrogen-bond donors (Lipinski definition) is 1. The van der Waals surface area contributed by atoms with Gasteiger partial charge in [0.2, 0.25) is 0 Å². The molecule has 0 saturated carbocycles. The Labute approximate surface area is 119 Å². The first-order valence-electron chi connectivity index (χ1n) is 5.60. The van der Waals surface area contributed by atoms with Crippen molar-refractivity contribution in [2.75, 3.05) is 0 Å². The normalized spacial score (nSPS) is 10.5. The summed E-state index contributed by atoms with van der Waals surface area (Å²) in [7, 11) is 0. The van der Waals surface area contributed by atoms with Gasteiger partial charge in [-0.1, -0.05) is 23.7 Å². The van der Waals surface area contributed by atoms with Crippen molar-refractivity contribution in [1.82, 2.24) is 9.55 Å². The van der Waals surface area contributed by atoms with E-state index in [1.807, 2.05) is 41.0 Å². The summed E-state index contributed by atoms with van der Waals surface area (Å²) < 4.78 is 2.41. The minimum absolute atomic E-state index is 0.542. The maximum atomic E-state index is 9.12. The van der Waals surface area contributed by atoms with E-state index in [1.54, 1.807) is 6.07 Å². The number of halogens is 1. The monoisotopic (exact) mass is 285 g/mol. The largest absolute Gasteiger partial charge is 0.329 e. The third-order valence-electron chi connectivity index (χ3n) is 2.91. The molecule has 0 bridgehead atoms. The number of rotatable bonds is 1. The van der Waals surface area contributed by atoms with Crippen molar-refractivity contribution < 1.29 is 0 Å². The van der Waals surface area contributed by atoms with Crippen LogP contribution in [0.15, 0.2) is 42.5 Å². The van der Waals surface area contributed by atoms with Gasteiger partial charge in [-0.3, -0.25) is 4.57 Å². The first-order chi connectivity index (χ1) is 9.20. The van der Waals surface area contributed by atoms with Crippen LogP contribution in [0.4, 0.5) is 0 Å². The van der Waals surface area contributed by atoms with Crippen molar-refractivity contribution in [3.63, 3.8) is 0 Å². The van der Waals surface area contributed by atoms with Crippen molar-refractivity contribution in [3.05, 3.63) is 57.8 Å². The van der Waals surface area contributed by atoms with E-state index in [0.717, 1.165) is 16.7 Å². The second-order valence-corrected chi connectivity index (χ2v) is 4.88. The molecule has 1 aromatic heterocycles. The number of nitrogens with one attached hydrogen (secondary N) is 1. The molecule has 5 heteroatoms. The van der Waals surface area contributed by atoms with E-state index >= 15 is 0 Å². The molecule has 0 aliphatic heterocycles. The molecule has 3 nitrogen and oxygen atoms in total. The third-order valence-corrected chi connectivity index (χ3v) is 3.42. The van der Waals surface area contributed by atoms with Crippen LogP contribution in [-0.2, 0) is 0 Å². The number of fused-ring (bicyclic) bond motifs is 1. The van der Waals surface area contributed by atoms with Gasteiger partial charge >= 0.3 is 0 Å². The van der Waals surface area contributed by atoms with Crippen molar-refractivity contribution in [3.8, 4) is 11.8 Å². The van der Waals surface area contributed by atoms with Gasteiger partial charge in [0, 0.05) is 10.7 Å². The van der Waals surface area contributed by atoms with Gasteiger partial charge in [0.05, 0.1) is 16.6 Å². The van der Waals surface area contributed by atoms with Gasteiger partial charge in [-0.15, -0.1) is 0 Å². The molecular formula is C14H8ClN3S. The molecule has 19 heavy (non-hydrogen) atoms. The topological polar surface area (TPSA) is 44.5 Å². The summed E-state index contributed by atoms with van der Waals surface area (Å²) >= 11 is 11.4. The number of aromatic nitrogens is 2. The predicted octanol–water partition coefficient (Wildman–Crippen LogP) is 4.21. The summed E-state index contributed by atoms with van der Waals surface area (Å²) in [5, 5.41) is 9.76. The van der Waals surface area contributed by atoms with E-state index in [0.29, 0.717) is 15.4 Å². The summed E-state index contributed by atoms with van der Waals surface area (Å²) in [5.74, 6) is 0. The summed E-state index contributed by atoms with van der Waals surface area (Å²) in [5.41, 5.74) is 3.06. The van der Waals surface area contributed by atoms with Crippen LogP contribution in [0.25, 0.3) is 16.7 Å². The molecule has 0 aliphatic rings. The third kappa shape index (κ3) is 1.93. The maximum absolute atomic E-state index is 9.12. The van der Waals surface area contributed by atoms with Crippen LogP contribution in [-0.4, -0.2) is 9.55 Å². The average molecular weight is 286 g/mol. The fourth-order valence-corrected chi connectivity index (χ4v) is 2.59. The number of H-pyrrole nitrogens is 1. The molecule has 0 fully saturated rings. The number of para-hydroxylation sites is 1. The fraction of sp³-hybridized carbons (Fsp3) is 0. The first kappa shape index (κ1) is 12.0. The molecule has 3 aromatic rings. The SMILES string of the molecule is N#Cc1cccc2c1[nH]c(=S)n2-c1cccc(Cl)c1. The lowest BCUT2D eigenvalue weighted by Gasteiger charge is -2.04. The molecule has 3 rings (SSSR count). The summed E-state index contributed by atoms with van der Waals surface area (Å²) in [6, 6.07) is 15.1. The Morgan fingerprint density at radius 1 is 1.21 bits per heavy atom. The van der Waals surface area contributed by atoms with Gasteiger partial charge < -0.3 is 4.98 Å². The Kier molecular flexibility index (Phi) is 2.86. The number of imidazole rings is 1. The molecule has 0 amide bonds. The zero-order valence-electron chi connectivity index (χ0n) is 9.72. The van der Waals surface area contributed by atoms with E-state index < -0.39 is 0 Å². The predicted molar refractivity (Wildman–Crippen MR) is 78.2 cm³/mol.